The molecule has 0 bridgehead atoms. The SMILES string of the molecule is COc1ccc(C(C)(N)c2c(F)ccc(Br)c2F)cc1. The van der Waals surface area contributed by atoms with Gasteiger partial charge in [0.05, 0.1) is 17.1 Å². The maximum atomic E-state index is 14.2. The first-order valence-electron chi connectivity index (χ1n) is 5.95. The Hall–Kier alpha value is -1.46. The summed E-state index contributed by atoms with van der Waals surface area (Å²) in [4.78, 5) is 0. The van der Waals surface area contributed by atoms with Crippen LogP contribution in [0.3, 0.4) is 0 Å². The fourth-order valence-corrected chi connectivity index (χ4v) is 2.42. The highest BCUT2D eigenvalue weighted by molar-refractivity contribution is 9.10. The van der Waals surface area contributed by atoms with Crippen molar-refractivity contribution in [3.8, 4) is 5.75 Å². The highest BCUT2D eigenvalue weighted by Crippen LogP contribution is 2.34. The molecular formula is C15H14BrF2NO. The summed E-state index contributed by atoms with van der Waals surface area (Å²) in [5, 5.41) is 0. The van der Waals surface area contributed by atoms with E-state index in [1.54, 1.807) is 38.3 Å². The Morgan fingerprint density at radius 3 is 2.25 bits per heavy atom. The van der Waals surface area contributed by atoms with E-state index in [0.29, 0.717) is 11.3 Å². The predicted octanol–water partition coefficient (Wildman–Crippen LogP) is 3.96. The first-order chi connectivity index (χ1) is 9.37. The standard InChI is InChI=1S/C15H14BrF2NO/c1-15(19,9-3-5-10(20-2)6-4-9)13-12(17)8-7-11(16)14(13)18/h3-8H,19H2,1-2H3. The molecule has 0 saturated heterocycles. The Labute approximate surface area is 124 Å². The maximum Gasteiger partial charge on any atom is 0.145 e. The van der Waals surface area contributed by atoms with Crippen molar-refractivity contribution in [3.05, 3.63) is 63.6 Å². The third-order valence-electron chi connectivity index (χ3n) is 3.25. The van der Waals surface area contributed by atoms with Crippen molar-refractivity contribution in [2.75, 3.05) is 7.11 Å². The Morgan fingerprint density at radius 2 is 1.70 bits per heavy atom. The number of rotatable bonds is 3. The summed E-state index contributed by atoms with van der Waals surface area (Å²) in [7, 11) is 1.55. The van der Waals surface area contributed by atoms with Gasteiger partial charge in [-0.1, -0.05) is 12.1 Å². The largest absolute Gasteiger partial charge is 0.497 e. The molecule has 5 heteroatoms. The molecule has 2 aromatic carbocycles. The summed E-state index contributed by atoms with van der Waals surface area (Å²) in [6, 6.07) is 9.30. The molecule has 1 atom stereocenters. The summed E-state index contributed by atoms with van der Waals surface area (Å²) < 4.78 is 33.4. The summed E-state index contributed by atoms with van der Waals surface area (Å²) in [5.41, 5.74) is 5.31. The van der Waals surface area contributed by atoms with Crippen molar-refractivity contribution in [3.63, 3.8) is 0 Å². The van der Waals surface area contributed by atoms with Gasteiger partial charge < -0.3 is 10.5 Å². The van der Waals surface area contributed by atoms with Crippen LogP contribution in [0.2, 0.25) is 0 Å². The van der Waals surface area contributed by atoms with Crippen LogP contribution >= 0.6 is 15.9 Å². The number of benzene rings is 2. The van der Waals surface area contributed by atoms with Gasteiger partial charge in [-0.25, -0.2) is 8.78 Å². The molecule has 0 aliphatic heterocycles. The van der Waals surface area contributed by atoms with Gasteiger partial charge in [-0.3, -0.25) is 0 Å². The average Bonchev–Trinajstić information content (AvgIpc) is 2.43. The van der Waals surface area contributed by atoms with Gasteiger partial charge in [0.25, 0.3) is 0 Å². The lowest BCUT2D eigenvalue weighted by atomic mass is 9.85. The number of methoxy groups -OCH3 is 1. The molecular weight excluding hydrogens is 328 g/mol. The molecule has 0 spiro atoms. The van der Waals surface area contributed by atoms with Gasteiger partial charge >= 0.3 is 0 Å². The second-order valence-corrected chi connectivity index (χ2v) is 5.50. The zero-order valence-electron chi connectivity index (χ0n) is 11.1. The second kappa shape index (κ2) is 5.50. The van der Waals surface area contributed by atoms with Gasteiger partial charge in [-0.05, 0) is 52.7 Å². The minimum absolute atomic E-state index is 0.169. The minimum atomic E-state index is -1.29. The molecule has 0 heterocycles. The summed E-state index contributed by atoms with van der Waals surface area (Å²) in [6.45, 7) is 1.57. The van der Waals surface area contributed by atoms with E-state index >= 15 is 0 Å². The van der Waals surface area contributed by atoms with Crippen LogP contribution in [0.1, 0.15) is 18.1 Å². The molecule has 0 fully saturated rings. The Kier molecular flexibility index (Phi) is 4.11. The maximum absolute atomic E-state index is 14.2. The topological polar surface area (TPSA) is 35.2 Å². The van der Waals surface area contributed by atoms with Gasteiger partial charge in [0.1, 0.15) is 17.4 Å². The quantitative estimate of drug-likeness (QED) is 0.857. The summed E-state index contributed by atoms with van der Waals surface area (Å²) >= 11 is 3.05. The first-order valence-corrected chi connectivity index (χ1v) is 6.74. The van der Waals surface area contributed by atoms with Gasteiger partial charge in [-0.15, -0.1) is 0 Å². The van der Waals surface area contributed by atoms with Gasteiger partial charge in [0.15, 0.2) is 0 Å². The molecule has 0 aromatic heterocycles. The van der Waals surface area contributed by atoms with E-state index in [1.807, 2.05) is 0 Å². The molecule has 106 valence electrons. The Balaban J connectivity index is 2.56. The fourth-order valence-electron chi connectivity index (χ4n) is 2.08. The van der Waals surface area contributed by atoms with Crippen molar-refractivity contribution >= 4 is 15.9 Å². The van der Waals surface area contributed by atoms with Crippen LogP contribution < -0.4 is 10.5 Å². The fraction of sp³-hybridized carbons (Fsp3) is 0.200. The Bertz CT molecular complexity index is 627. The molecule has 0 amide bonds. The van der Waals surface area contributed by atoms with Crippen molar-refractivity contribution in [1.82, 2.24) is 0 Å². The van der Waals surface area contributed by atoms with Gasteiger partial charge in [0.2, 0.25) is 0 Å². The normalized spacial score (nSPS) is 13.9. The van der Waals surface area contributed by atoms with E-state index in [9.17, 15) is 8.78 Å². The van der Waals surface area contributed by atoms with Crippen molar-refractivity contribution < 1.29 is 13.5 Å². The third kappa shape index (κ3) is 2.55. The van der Waals surface area contributed by atoms with E-state index in [4.69, 9.17) is 10.5 Å². The van der Waals surface area contributed by atoms with Crippen LogP contribution in [0.15, 0.2) is 40.9 Å². The zero-order chi connectivity index (χ0) is 14.9. The van der Waals surface area contributed by atoms with Gasteiger partial charge in [-0.2, -0.15) is 0 Å². The Morgan fingerprint density at radius 1 is 1.10 bits per heavy atom. The monoisotopic (exact) mass is 341 g/mol. The minimum Gasteiger partial charge on any atom is -0.497 e. The molecule has 2 aromatic rings. The lowest BCUT2D eigenvalue weighted by molar-refractivity contribution is 0.414. The van der Waals surface area contributed by atoms with E-state index in [2.05, 4.69) is 15.9 Å². The van der Waals surface area contributed by atoms with E-state index in [-0.39, 0.29) is 10.0 Å². The first kappa shape index (κ1) is 14.9. The molecule has 0 aliphatic rings. The van der Waals surface area contributed by atoms with E-state index in [1.165, 1.54) is 12.1 Å². The number of nitrogens with two attached hydrogens (primary N) is 1. The number of hydrogen-bond donors (Lipinski definition) is 1. The third-order valence-corrected chi connectivity index (χ3v) is 3.87. The van der Waals surface area contributed by atoms with Crippen molar-refractivity contribution in [1.29, 1.82) is 0 Å². The molecule has 2 nitrogen and oxygen atoms in total. The summed E-state index contributed by atoms with van der Waals surface area (Å²) in [5.74, 6) is -0.711. The molecule has 0 aliphatic carbocycles. The molecule has 2 N–H and O–H groups in total. The smallest absolute Gasteiger partial charge is 0.145 e. The number of ether oxygens (including phenoxy) is 1. The highest BCUT2D eigenvalue weighted by Gasteiger charge is 2.31. The lowest BCUT2D eigenvalue weighted by Crippen LogP contribution is -2.36. The van der Waals surface area contributed by atoms with E-state index < -0.39 is 17.2 Å². The lowest BCUT2D eigenvalue weighted by Gasteiger charge is -2.27. The highest BCUT2D eigenvalue weighted by atomic mass is 79.9. The average molecular weight is 342 g/mol. The van der Waals surface area contributed by atoms with Crippen molar-refractivity contribution in [2.45, 2.75) is 12.5 Å². The van der Waals surface area contributed by atoms with Crippen LogP contribution in [0, 0.1) is 11.6 Å². The van der Waals surface area contributed by atoms with Crippen LogP contribution in [0.4, 0.5) is 8.78 Å². The molecule has 0 radical (unpaired) electrons. The summed E-state index contributed by atoms with van der Waals surface area (Å²) in [6.07, 6.45) is 0. The van der Waals surface area contributed by atoms with Crippen molar-refractivity contribution in [2.24, 2.45) is 5.73 Å². The number of halogens is 3. The van der Waals surface area contributed by atoms with Crippen LogP contribution in [-0.4, -0.2) is 7.11 Å². The van der Waals surface area contributed by atoms with Crippen LogP contribution in [-0.2, 0) is 5.54 Å². The molecule has 1 unspecified atom stereocenters. The van der Waals surface area contributed by atoms with Crippen LogP contribution in [0.25, 0.3) is 0 Å². The predicted molar refractivity (Wildman–Crippen MR) is 77.7 cm³/mol. The molecule has 20 heavy (non-hydrogen) atoms. The zero-order valence-corrected chi connectivity index (χ0v) is 12.7. The van der Waals surface area contributed by atoms with Crippen LogP contribution in [0.5, 0.6) is 5.75 Å². The number of hydrogen-bond acceptors (Lipinski definition) is 2. The van der Waals surface area contributed by atoms with Gasteiger partial charge in [0, 0.05) is 5.56 Å². The molecule has 2 rings (SSSR count). The molecule has 0 saturated carbocycles. The second-order valence-electron chi connectivity index (χ2n) is 4.65. The van der Waals surface area contributed by atoms with E-state index in [0.717, 1.165) is 0 Å².